The molecule has 0 fully saturated rings. The molecule has 0 aromatic heterocycles. The third kappa shape index (κ3) is 3.07. The molecule has 4 aromatic rings. The first kappa shape index (κ1) is 19.9. The van der Waals surface area contributed by atoms with Crippen molar-refractivity contribution in [3.63, 3.8) is 0 Å². The summed E-state index contributed by atoms with van der Waals surface area (Å²) in [5.74, 6) is 0.536. The lowest BCUT2D eigenvalue weighted by Gasteiger charge is -2.20. The average molecular weight is 400 g/mol. The van der Waals surface area contributed by atoms with Crippen molar-refractivity contribution in [2.75, 3.05) is 0 Å². The van der Waals surface area contributed by atoms with Gasteiger partial charge in [-0.15, -0.1) is 0 Å². The molecule has 0 spiro atoms. The van der Waals surface area contributed by atoms with Crippen LogP contribution >= 0.6 is 0 Å². The summed E-state index contributed by atoms with van der Waals surface area (Å²) in [6.45, 7) is 11.9. The summed E-state index contributed by atoms with van der Waals surface area (Å²) in [5.41, 5.74) is 12.7. The zero-order valence-electron chi connectivity index (χ0n) is 19.2. The third-order valence-corrected chi connectivity index (χ3v) is 7.17. The molecule has 0 amide bonds. The largest absolute Gasteiger partial charge is 0.214 e. The highest BCUT2D eigenvalue weighted by Gasteiger charge is 2.37. The molecule has 1 aliphatic rings. The number of rotatable bonds is 3. The van der Waals surface area contributed by atoms with Gasteiger partial charge in [0.05, 0.1) is 0 Å². The van der Waals surface area contributed by atoms with Crippen molar-refractivity contribution >= 4 is 39.6 Å². The molecule has 4 aromatic carbocycles. The Kier molecular flexibility index (Phi) is 4.86. The van der Waals surface area contributed by atoms with Crippen LogP contribution in [0.1, 0.15) is 44.4 Å². The Labute approximate surface area is 186 Å². The Morgan fingerprint density at radius 3 is 2.16 bits per heavy atom. The summed E-state index contributed by atoms with van der Waals surface area (Å²) in [4.78, 5) is 0. The molecule has 1 aliphatic heterocycles. The van der Waals surface area contributed by atoms with Gasteiger partial charge in [0.25, 0.3) is 0 Å². The number of fused-ring (bicyclic) bond motifs is 5. The number of aryl methyl sites for hydroxylation is 1. The maximum atomic E-state index is 2.37. The quantitative estimate of drug-likeness (QED) is 0.254. The predicted molar refractivity (Wildman–Crippen MR) is 139 cm³/mol. The van der Waals surface area contributed by atoms with Crippen LogP contribution in [0.25, 0.3) is 33.0 Å². The molecule has 0 unspecified atom stereocenters. The van der Waals surface area contributed by atoms with Gasteiger partial charge in [0, 0.05) is 0 Å². The minimum Gasteiger partial charge on any atom is -0.0687 e. The van der Waals surface area contributed by atoms with Crippen molar-refractivity contribution < 1.29 is 0 Å². The SMILES string of the molecule is C/C(=C(\C)c1cccc2c1B(C(C)C)c1ccc3ccccc3c1-2)c1ccccc1C. The van der Waals surface area contributed by atoms with E-state index in [1.165, 1.54) is 60.7 Å². The van der Waals surface area contributed by atoms with E-state index in [1.807, 2.05) is 0 Å². The van der Waals surface area contributed by atoms with Crippen molar-refractivity contribution in [2.24, 2.45) is 0 Å². The van der Waals surface area contributed by atoms with Gasteiger partial charge in [0.1, 0.15) is 0 Å². The Hall–Kier alpha value is -3.06. The fourth-order valence-corrected chi connectivity index (χ4v) is 5.54. The Morgan fingerprint density at radius 1 is 0.710 bits per heavy atom. The van der Waals surface area contributed by atoms with Crippen LogP contribution in [-0.2, 0) is 0 Å². The topological polar surface area (TPSA) is 0 Å². The summed E-state index contributed by atoms with van der Waals surface area (Å²) in [6.07, 6.45) is 0. The van der Waals surface area contributed by atoms with E-state index < -0.39 is 0 Å². The lowest BCUT2D eigenvalue weighted by Crippen LogP contribution is -2.42. The first-order chi connectivity index (χ1) is 15.0. The maximum absolute atomic E-state index is 2.37. The molecule has 0 aliphatic carbocycles. The van der Waals surface area contributed by atoms with E-state index in [2.05, 4.69) is 113 Å². The monoisotopic (exact) mass is 400 g/mol. The second-order valence-corrected chi connectivity index (χ2v) is 9.30. The fraction of sp³-hybridized carbons (Fsp3) is 0.200. The van der Waals surface area contributed by atoms with E-state index in [9.17, 15) is 0 Å². The third-order valence-electron chi connectivity index (χ3n) is 7.17. The van der Waals surface area contributed by atoms with Crippen LogP contribution in [0, 0.1) is 6.92 Å². The molecule has 0 N–H and O–H groups in total. The number of hydrogen-bond donors (Lipinski definition) is 0. The highest BCUT2D eigenvalue weighted by Crippen LogP contribution is 2.37. The standard InChI is InChI=1S/C30H29B/c1-19(2)31-28-18-17-23-12-7-9-14-26(23)29(28)27-16-10-15-25(30(27)31)22(5)21(4)24-13-8-6-11-20(24)3/h6-19H,1-5H3/b22-21-. The predicted octanol–water partition coefficient (Wildman–Crippen LogP) is 7.10. The molecule has 0 saturated carbocycles. The molecule has 1 heterocycles. The van der Waals surface area contributed by atoms with E-state index in [0.717, 1.165) is 0 Å². The Bertz CT molecular complexity index is 1340. The molecule has 31 heavy (non-hydrogen) atoms. The van der Waals surface area contributed by atoms with E-state index in [0.29, 0.717) is 12.5 Å². The van der Waals surface area contributed by atoms with Crippen molar-refractivity contribution in [2.45, 2.75) is 40.4 Å². The average Bonchev–Trinajstić information content (AvgIpc) is 3.13. The van der Waals surface area contributed by atoms with Crippen molar-refractivity contribution in [1.29, 1.82) is 0 Å². The van der Waals surface area contributed by atoms with Crippen LogP contribution in [0.3, 0.4) is 0 Å². The van der Waals surface area contributed by atoms with Gasteiger partial charge in [-0.2, -0.15) is 0 Å². The normalized spacial score (nSPS) is 13.4. The van der Waals surface area contributed by atoms with Crippen LogP contribution in [-0.4, -0.2) is 6.71 Å². The highest BCUT2D eigenvalue weighted by molar-refractivity contribution is 6.91. The first-order valence-electron chi connectivity index (χ1n) is 11.4. The molecule has 0 nitrogen and oxygen atoms in total. The van der Waals surface area contributed by atoms with Gasteiger partial charge in [-0.3, -0.25) is 0 Å². The van der Waals surface area contributed by atoms with Crippen LogP contribution < -0.4 is 10.9 Å². The Balaban J connectivity index is 1.81. The summed E-state index contributed by atoms with van der Waals surface area (Å²) in [6, 6.07) is 29.1. The molecule has 0 saturated heterocycles. The van der Waals surface area contributed by atoms with Crippen molar-refractivity contribution in [1.82, 2.24) is 0 Å². The summed E-state index contributed by atoms with van der Waals surface area (Å²) >= 11 is 0. The van der Waals surface area contributed by atoms with Gasteiger partial charge < -0.3 is 0 Å². The fourth-order valence-electron chi connectivity index (χ4n) is 5.54. The highest BCUT2D eigenvalue weighted by atomic mass is 14.2. The van der Waals surface area contributed by atoms with Crippen molar-refractivity contribution in [3.8, 4) is 11.1 Å². The molecular weight excluding hydrogens is 371 g/mol. The Morgan fingerprint density at radius 2 is 1.39 bits per heavy atom. The second kappa shape index (κ2) is 7.57. The zero-order chi connectivity index (χ0) is 21.7. The van der Waals surface area contributed by atoms with Gasteiger partial charge in [0.15, 0.2) is 0 Å². The first-order valence-corrected chi connectivity index (χ1v) is 11.4. The van der Waals surface area contributed by atoms with Crippen LogP contribution in [0.15, 0.2) is 78.9 Å². The van der Waals surface area contributed by atoms with E-state index in [-0.39, 0.29) is 0 Å². The van der Waals surface area contributed by atoms with Gasteiger partial charge in [0.2, 0.25) is 6.71 Å². The minimum atomic E-state index is 0.422. The van der Waals surface area contributed by atoms with E-state index in [4.69, 9.17) is 0 Å². The molecule has 0 atom stereocenters. The summed E-state index contributed by atoms with van der Waals surface area (Å²) in [7, 11) is 0. The molecule has 152 valence electrons. The summed E-state index contributed by atoms with van der Waals surface area (Å²) in [5, 5.41) is 2.70. The lowest BCUT2D eigenvalue weighted by molar-refractivity contribution is 1.06. The maximum Gasteiger partial charge on any atom is 0.214 e. The molecule has 1 heteroatoms. The van der Waals surface area contributed by atoms with Gasteiger partial charge >= 0.3 is 0 Å². The van der Waals surface area contributed by atoms with Gasteiger partial charge in [-0.05, 0) is 70.5 Å². The minimum absolute atomic E-state index is 0.422. The number of allylic oxidation sites excluding steroid dienone is 2. The van der Waals surface area contributed by atoms with Gasteiger partial charge in [-0.1, -0.05) is 109 Å². The number of benzene rings is 4. The van der Waals surface area contributed by atoms with Gasteiger partial charge in [-0.25, -0.2) is 0 Å². The van der Waals surface area contributed by atoms with Crippen LogP contribution in [0.5, 0.6) is 0 Å². The molecular formula is C30H29B. The molecule has 5 rings (SSSR count). The number of hydrogen-bond acceptors (Lipinski definition) is 0. The van der Waals surface area contributed by atoms with Crippen LogP contribution in [0.4, 0.5) is 0 Å². The second-order valence-electron chi connectivity index (χ2n) is 9.30. The summed E-state index contributed by atoms with van der Waals surface area (Å²) < 4.78 is 0. The van der Waals surface area contributed by atoms with E-state index >= 15 is 0 Å². The zero-order valence-corrected chi connectivity index (χ0v) is 19.2. The molecule has 0 bridgehead atoms. The van der Waals surface area contributed by atoms with E-state index in [1.54, 1.807) is 0 Å². The molecule has 0 radical (unpaired) electrons. The lowest BCUT2D eigenvalue weighted by atomic mass is 9.35. The van der Waals surface area contributed by atoms with Crippen molar-refractivity contribution in [3.05, 3.63) is 95.6 Å². The van der Waals surface area contributed by atoms with Crippen LogP contribution in [0.2, 0.25) is 5.82 Å². The smallest absolute Gasteiger partial charge is 0.0687 e.